The fourth-order valence-electron chi connectivity index (χ4n) is 2.29. The average Bonchev–Trinajstić information content (AvgIpc) is 2.40. The number of hydrogen-bond acceptors (Lipinski definition) is 3. The van der Waals surface area contributed by atoms with Crippen LogP contribution in [0, 0.1) is 11.3 Å². The van der Waals surface area contributed by atoms with E-state index in [-0.39, 0.29) is 11.4 Å². The number of rotatable bonds is 1. The monoisotopic (exact) mass is 219 g/mol. The molecule has 1 aliphatic rings. The summed E-state index contributed by atoms with van der Waals surface area (Å²) >= 11 is 0. The highest BCUT2D eigenvalue weighted by Crippen LogP contribution is 2.29. The molecule has 3 N–H and O–H groups in total. The zero-order valence-corrected chi connectivity index (χ0v) is 8.86. The number of fused-ring (bicyclic) bond motifs is 1. The van der Waals surface area contributed by atoms with Gasteiger partial charge in [-0.1, -0.05) is 6.42 Å². The Hall–Kier alpha value is -1.96. The average molecular weight is 219 g/mol. The minimum atomic E-state index is -1.05. The van der Waals surface area contributed by atoms with Gasteiger partial charge in [0, 0.05) is 12.2 Å². The standard InChI is InChI=1S/C11H13N3O2/c12-6-7-8-4-2-1-3-5-14(8)10(9(7)13)11(15)16/h1-5,13H2,(H,15,16). The molecule has 2 rings (SSSR count). The highest BCUT2D eigenvalue weighted by atomic mass is 16.4. The van der Waals surface area contributed by atoms with Gasteiger partial charge in [-0.15, -0.1) is 0 Å². The van der Waals surface area contributed by atoms with Crippen LogP contribution < -0.4 is 5.73 Å². The summed E-state index contributed by atoms with van der Waals surface area (Å²) in [5, 5.41) is 18.1. The van der Waals surface area contributed by atoms with E-state index in [1.165, 1.54) is 0 Å². The second kappa shape index (κ2) is 3.89. The maximum atomic E-state index is 11.1. The van der Waals surface area contributed by atoms with Crippen molar-refractivity contribution < 1.29 is 9.90 Å². The minimum Gasteiger partial charge on any atom is -0.477 e. The van der Waals surface area contributed by atoms with Gasteiger partial charge in [-0.3, -0.25) is 0 Å². The van der Waals surface area contributed by atoms with Crippen molar-refractivity contribution in [2.45, 2.75) is 32.2 Å². The van der Waals surface area contributed by atoms with Gasteiger partial charge in [0.1, 0.15) is 6.07 Å². The van der Waals surface area contributed by atoms with E-state index < -0.39 is 5.97 Å². The molecule has 2 heterocycles. The van der Waals surface area contributed by atoms with Crippen molar-refractivity contribution in [3.8, 4) is 6.07 Å². The highest BCUT2D eigenvalue weighted by Gasteiger charge is 2.25. The molecular formula is C11H13N3O2. The first-order valence-electron chi connectivity index (χ1n) is 5.31. The molecule has 0 saturated carbocycles. The Morgan fingerprint density at radius 2 is 2.19 bits per heavy atom. The van der Waals surface area contributed by atoms with Crippen LogP contribution in [-0.2, 0) is 13.0 Å². The molecule has 0 fully saturated rings. The number of carboxylic acids is 1. The number of nitrogens with zero attached hydrogens (tertiary/aromatic N) is 2. The number of aromatic carboxylic acids is 1. The van der Waals surface area contributed by atoms with Crippen LogP contribution in [0.3, 0.4) is 0 Å². The summed E-state index contributed by atoms with van der Waals surface area (Å²) in [5.74, 6) is -1.05. The van der Waals surface area contributed by atoms with Gasteiger partial charge in [-0.05, 0) is 19.3 Å². The SMILES string of the molecule is N#Cc1c(N)c(C(=O)O)n2c1CCCCC2. The number of carboxylic acid groups (broad SMARTS) is 1. The van der Waals surface area contributed by atoms with Crippen LogP contribution in [0.5, 0.6) is 0 Å². The van der Waals surface area contributed by atoms with E-state index >= 15 is 0 Å². The van der Waals surface area contributed by atoms with Crippen LogP contribution in [-0.4, -0.2) is 15.6 Å². The lowest BCUT2D eigenvalue weighted by Gasteiger charge is -2.06. The largest absolute Gasteiger partial charge is 0.477 e. The first-order valence-corrected chi connectivity index (χ1v) is 5.31. The molecule has 84 valence electrons. The number of nitrogens with two attached hydrogens (primary N) is 1. The molecule has 0 saturated heterocycles. The normalized spacial score (nSPS) is 14.9. The Bertz CT molecular complexity index is 482. The van der Waals surface area contributed by atoms with Gasteiger partial charge in [-0.2, -0.15) is 5.26 Å². The van der Waals surface area contributed by atoms with Gasteiger partial charge >= 0.3 is 5.97 Å². The number of nitrogen functional groups attached to an aromatic ring is 1. The van der Waals surface area contributed by atoms with Crippen LogP contribution in [0.1, 0.15) is 41.0 Å². The van der Waals surface area contributed by atoms with Crippen LogP contribution in [0.4, 0.5) is 5.69 Å². The second-order valence-corrected chi connectivity index (χ2v) is 3.96. The smallest absolute Gasteiger partial charge is 0.354 e. The maximum absolute atomic E-state index is 11.1. The number of hydrogen-bond donors (Lipinski definition) is 2. The Kier molecular flexibility index (Phi) is 2.57. The third-order valence-electron chi connectivity index (χ3n) is 3.02. The van der Waals surface area contributed by atoms with Crippen molar-refractivity contribution in [3.05, 3.63) is 17.0 Å². The number of nitriles is 1. The lowest BCUT2D eigenvalue weighted by molar-refractivity contribution is 0.0686. The Balaban J connectivity index is 2.67. The molecule has 0 aromatic carbocycles. The quantitative estimate of drug-likeness (QED) is 0.746. The van der Waals surface area contributed by atoms with E-state index in [9.17, 15) is 4.79 Å². The van der Waals surface area contributed by atoms with Crippen molar-refractivity contribution in [3.63, 3.8) is 0 Å². The van der Waals surface area contributed by atoms with Crippen LogP contribution in [0.2, 0.25) is 0 Å². The third kappa shape index (κ3) is 1.43. The summed E-state index contributed by atoms with van der Waals surface area (Å²) in [6.45, 7) is 0.642. The summed E-state index contributed by atoms with van der Waals surface area (Å²) in [6.07, 6.45) is 3.72. The molecule has 0 bridgehead atoms. The molecule has 1 aromatic rings. The van der Waals surface area contributed by atoms with Crippen LogP contribution >= 0.6 is 0 Å². The van der Waals surface area contributed by atoms with E-state index in [4.69, 9.17) is 16.1 Å². The third-order valence-corrected chi connectivity index (χ3v) is 3.02. The van der Waals surface area contributed by atoms with Crippen molar-refractivity contribution >= 4 is 11.7 Å². The van der Waals surface area contributed by atoms with Gasteiger partial charge in [0.2, 0.25) is 0 Å². The molecular weight excluding hydrogens is 206 g/mol. The summed E-state index contributed by atoms with van der Waals surface area (Å²) in [5.41, 5.74) is 7.05. The van der Waals surface area contributed by atoms with Gasteiger partial charge in [0.05, 0.1) is 11.3 Å². The summed E-state index contributed by atoms with van der Waals surface area (Å²) < 4.78 is 1.70. The lowest BCUT2D eigenvalue weighted by Crippen LogP contribution is -2.11. The van der Waals surface area contributed by atoms with Crippen molar-refractivity contribution in [2.24, 2.45) is 0 Å². The fourth-order valence-corrected chi connectivity index (χ4v) is 2.29. The Morgan fingerprint density at radius 3 is 2.81 bits per heavy atom. The van der Waals surface area contributed by atoms with E-state index in [0.29, 0.717) is 12.1 Å². The predicted octanol–water partition coefficient (Wildman–Crippen LogP) is 1.37. The van der Waals surface area contributed by atoms with Gasteiger partial charge in [0.25, 0.3) is 0 Å². The number of anilines is 1. The molecule has 0 radical (unpaired) electrons. The summed E-state index contributed by atoms with van der Waals surface area (Å²) in [6, 6.07) is 2.02. The summed E-state index contributed by atoms with van der Waals surface area (Å²) in [4.78, 5) is 11.1. The molecule has 0 spiro atoms. The topological polar surface area (TPSA) is 92.0 Å². The van der Waals surface area contributed by atoms with E-state index in [0.717, 1.165) is 31.4 Å². The number of aromatic nitrogens is 1. The molecule has 16 heavy (non-hydrogen) atoms. The second-order valence-electron chi connectivity index (χ2n) is 3.96. The molecule has 0 amide bonds. The van der Waals surface area contributed by atoms with Crippen molar-refractivity contribution in [1.82, 2.24) is 4.57 Å². The van der Waals surface area contributed by atoms with Crippen LogP contribution in [0.15, 0.2) is 0 Å². The van der Waals surface area contributed by atoms with E-state index in [2.05, 4.69) is 0 Å². The molecule has 1 aromatic heterocycles. The first kappa shape index (κ1) is 10.6. The maximum Gasteiger partial charge on any atom is 0.354 e. The first-order chi connectivity index (χ1) is 7.66. The fraction of sp³-hybridized carbons (Fsp3) is 0.455. The molecule has 0 unspecified atom stereocenters. The van der Waals surface area contributed by atoms with Gasteiger partial charge in [0.15, 0.2) is 5.69 Å². The highest BCUT2D eigenvalue weighted by molar-refractivity contribution is 5.94. The zero-order chi connectivity index (χ0) is 11.7. The van der Waals surface area contributed by atoms with Crippen molar-refractivity contribution in [1.29, 1.82) is 5.26 Å². The lowest BCUT2D eigenvalue weighted by atomic mass is 10.1. The minimum absolute atomic E-state index is 0.0773. The zero-order valence-electron chi connectivity index (χ0n) is 8.86. The van der Waals surface area contributed by atoms with E-state index in [1.807, 2.05) is 6.07 Å². The van der Waals surface area contributed by atoms with Gasteiger partial charge < -0.3 is 15.4 Å². The Morgan fingerprint density at radius 1 is 1.44 bits per heavy atom. The molecule has 5 nitrogen and oxygen atoms in total. The summed E-state index contributed by atoms with van der Waals surface area (Å²) in [7, 11) is 0. The number of carbonyl (C=O) groups is 1. The predicted molar refractivity (Wildman–Crippen MR) is 58.1 cm³/mol. The van der Waals surface area contributed by atoms with Crippen molar-refractivity contribution in [2.75, 3.05) is 5.73 Å². The molecule has 0 atom stereocenters. The van der Waals surface area contributed by atoms with Crippen LogP contribution in [0.25, 0.3) is 0 Å². The van der Waals surface area contributed by atoms with E-state index in [1.54, 1.807) is 4.57 Å². The molecule has 5 heteroatoms. The Labute approximate surface area is 93.1 Å². The molecule has 1 aliphatic heterocycles. The van der Waals surface area contributed by atoms with Gasteiger partial charge in [-0.25, -0.2) is 4.79 Å². The molecule has 0 aliphatic carbocycles.